The maximum atomic E-state index is 13.5. The lowest BCUT2D eigenvalue weighted by Crippen LogP contribution is -2.52. The number of hydrogen-bond donors (Lipinski definition) is 0. The third-order valence-electron chi connectivity index (χ3n) is 5.21. The Morgan fingerprint density at radius 2 is 1.54 bits per heavy atom. The molecular weight excluding hydrogens is 364 g/mol. The van der Waals surface area contributed by atoms with Gasteiger partial charge in [-0.1, -0.05) is 0 Å². The van der Waals surface area contributed by atoms with Crippen molar-refractivity contribution in [2.45, 2.75) is 13.8 Å². The van der Waals surface area contributed by atoms with Gasteiger partial charge in [-0.2, -0.15) is 0 Å². The second-order valence-corrected chi connectivity index (χ2v) is 7.05. The number of nitrogens with zero attached hydrogens (tertiary/aromatic N) is 3. The fraction of sp³-hybridized carbons (Fsp3) is 0.381. The zero-order valence-electron chi connectivity index (χ0n) is 16.6. The molecule has 1 aliphatic heterocycles. The van der Waals surface area contributed by atoms with Gasteiger partial charge in [0.2, 0.25) is 0 Å². The number of amides is 2. The SMILES string of the molecule is COc1cc(C)c(C)cc1N(C)C(=O)N1CCN(c2cc(F)cc(F)c2)CC1. The Hall–Kier alpha value is -2.83. The van der Waals surface area contributed by atoms with Gasteiger partial charge < -0.3 is 14.5 Å². The maximum absolute atomic E-state index is 13.5. The molecule has 0 radical (unpaired) electrons. The largest absolute Gasteiger partial charge is 0.495 e. The monoisotopic (exact) mass is 389 g/mol. The number of anilines is 2. The van der Waals surface area contributed by atoms with Crippen LogP contribution in [-0.4, -0.2) is 51.3 Å². The van der Waals surface area contributed by atoms with Gasteiger partial charge in [0.1, 0.15) is 17.4 Å². The number of ether oxygens (including phenoxy) is 1. The van der Waals surface area contributed by atoms with E-state index in [-0.39, 0.29) is 6.03 Å². The predicted octanol–water partition coefficient (Wildman–Crippen LogP) is 3.97. The minimum absolute atomic E-state index is 0.133. The molecule has 0 N–H and O–H groups in total. The fourth-order valence-electron chi connectivity index (χ4n) is 3.39. The van der Waals surface area contributed by atoms with Crippen molar-refractivity contribution in [1.82, 2.24) is 4.90 Å². The Morgan fingerprint density at radius 3 is 2.11 bits per heavy atom. The number of carbonyl (C=O) groups excluding carboxylic acids is 1. The molecule has 1 aliphatic rings. The summed E-state index contributed by atoms with van der Waals surface area (Å²) in [5.41, 5.74) is 3.38. The molecule has 7 heteroatoms. The second kappa shape index (κ2) is 8.04. The summed E-state index contributed by atoms with van der Waals surface area (Å²) in [4.78, 5) is 18.2. The molecule has 28 heavy (non-hydrogen) atoms. The number of hydrogen-bond acceptors (Lipinski definition) is 3. The Labute approximate surface area is 164 Å². The summed E-state index contributed by atoms with van der Waals surface area (Å²) in [6.07, 6.45) is 0. The Balaban J connectivity index is 1.70. The van der Waals surface area contributed by atoms with E-state index in [0.29, 0.717) is 43.3 Å². The van der Waals surface area contributed by atoms with Crippen LogP contribution in [0.4, 0.5) is 25.0 Å². The molecule has 1 heterocycles. The molecule has 0 unspecified atom stereocenters. The third-order valence-corrected chi connectivity index (χ3v) is 5.21. The minimum Gasteiger partial charge on any atom is -0.495 e. The number of urea groups is 1. The molecule has 2 aromatic carbocycles. The van der Waals surface area contributed by atoms with E-state index in [1.165, 1.54) is 12.1 Å². The van der Waals surface area contributed by atoms with E-state index in [0.717, 1.165) is 17.2 Å². The van der Waals surface area contributed by atoms with Gasteiger partial charge in [0.25, 0.3) is 0 Å². The molecule has 0 saturated carbocycles. The molecule has 1 saturated heterocycles. The molecule has 0 spiro atoms. The Kier molecular flexibility index (Phi) is 5.72. The highest BCUT2D eigenvalue weighted by atomic mass is 19.1. The van der Waals surface area contributed by atoms with Crippen LogP contribution in [0.15, 0.2) is 30.3 Å². The summed E-state index contributed by atoms with van der Waals surface area (Å²) in [6.45, 7) is 5.94. The van der Waals surface area contributed by atoms with E-state index in [9.17, 15) is 13.6 Å². The van der Waals surface area contributed by atoms with Crippen LogP contribution < -0.4 is 14.5 Å². The maximum Gasteiger partial charge on any atom is 0.324 e. The molecule has 0 bridgehead atoms. The van der Waals surface area contributed by atoms with E-state index in [4.69, 9.17) is 4.74 Å². The number of carbonyl (C=O) groups is 1. The number of halogens is 2. The van der Waals surface area contributed by atoms with Gasteiger partial charge in [0, 0.05) is 45.0 Å². The van der Waals surface area contributed by atoms with Crippen molar-refractivity contribution in [1.29, 1.82) is 0 Å². The highest BCUT2D eigenvalue weighted by Gasteiger charge is 2.26. The lowest BCUT2D eigenvalue weighted by Gasteiger charge is -2.38. The first-order valence-electron chi connectivity index (χ1n) is 9.19. The molecule has 0 aliphatic carbocycles. The smallest absolute Gasteiger partial charge is 0.324 e. The summed E-state index contributed by atoms with van der Waals surface area (Å²) in [5.74, 6) is -0.557. The molecule has 2 amide bonds. The molecule has 3 rings (SSSR count). The number of benzene rings is 2. The number of rotatable bonds is 3. The number of methoxy groups -OCH3 is 1. The zero-order chi connectivity index (χ0) is 20.4. The predicted molar refractivity (Wildman–Crippen MR) is 106 cm³/mol. The van der Waals surface area contributed by atoms with E-state index >= 15 is 0 Å². The third kappa shape index (κ3) is 4.03. The quantitative estimate of drug-likeness (QED) is 0.797. The van der Waals surface area contributed by atoms with Gasteiger partial charge in [-0.25, -0.2) is 13.6 Å². The van der Waals surface area contributed by atoms with E-state index in [2.05, 4.69) is 0 Å². The van der Waals surface area contributed by atoms with Gasteiger partial charge in [0.15, 0.2) is 0 Å². The fourth-order valence-corrected chi connectivity index (χ4v) is 3.39. The van der Waals surface area contributed by atoms with E-state index in [1.54, 1.807) is 24.0 Å². The van der Waals surface area contributed by atoms with Crippen molar-refractivity contribution in [2.24, 2.45) is 0 Å². The Morgan fingerprint density at radius 1 is 0.964 bits per heavy atom. The van der Waals surface area contributed by atoms with Crippen LogP contribution in [-0.2, 0) is 0 Å². The summed E-state index contributed by atoms with van der Waals surface area (Å²) in [5, 5.41) is 0. The zero-order valence-corrected chi connectivity index (χ0v) is 16.6. The molecule has 1 fully saturated rings. The summed E-state index contributed by atoms with van der Waals surface area (Å²) in [6, 6.07) is 7.21. The highest BCUT2D eigenvalue weighted by Crippen LogP contribution is 2.31. The van der Waals surface area contributed by atoms with Crippen LogP contribution in [0.5, 0.6) is 5.75 Å². The lowest BCUT2D eigenvalue weighted by molar-refractivity contribution is 0.202. The molecule has 5 nitrogen and oxygen atoms in total. The highest BCUT2D eigenvalue weighted by molar-refractivity contribution is 5.93. The lowest BCUT2D eigenvalue weighted by atomic mass is 10.1. The van der Waals surface area contributed by atoms with Crippen molar-refractivity contribution in [3.05, 3.63) is 53.1 Å². The normalized spacial score (nSPS) is 14.2. The molecule has 150 valence electrons. The first kappa shape index (κ1) is 19.9. The van der Waals surface area contributed by atoms with Crippen molar-refractivity contribution in [2.75, 3.05) is 50.1 Å². The molecular formula is C21H25F2N3O2. The number of aryl methyl sites for hydroxylation is 2. The van der Waals surface area contributed by atoms with Gasteiger partial charge in [-0.15, -0.1) is 0 Å². The first-order valence-corrected chi connectivity index (χ1v) is 9.19. The average Bonchev–Trinajstić information content (AvgIpc) is 2.68. The van der Waals surface area contributed by atoms with Gasteiger partial charge in [-0.05, 0) is 49.2 Å². The van der Waals surface area contributed by atoms with Crippen LogP contribution in [0.3, 0.4) is 0 Å². The topological polar surface area (TPSA) is 36.0 Å². The summed E-state index contributed by atoms with van der Waals surface area (Å²) < 4.78 is 32.4. The standard InChI is InChI=1S/C21H25F2N3O2/c1-14-9-19(20(28-4)10-15(14)2)24(3)21(27)26-7-5-25(6-8-26)18-12-16(22)11-17(23)13-18/h9-13H,5-8H2,1-4H3. The van der Waals surface area contributed by atoms with Crippen molar-refractivity contribution < 1.29 is 18.3 Å². The van der Waals surface area contributed by atoms with Gasteiger partial charge >= 0.3 is 6.03 Å². The average molecular weight is 389 g/mol. The van der Waals surface area contributed by atoms with Crippen molar-refractivity contribution >= 4 is 17.4 Å². The van der Waals surface area contributed by atoms with E-state index in [1.807, 2.05) is 30.9 Å². The van der Waals surface area contributed by atoms with E-state index < -0.39 is 11.6 Å². The summed E-state index contributed by atoms with van der Waals surface area (Å²) in [7, 11) is 3.31. The van der Waals surface area contributed by atoms with Gasteiger partial charge in [0.05, 0.1) is 12.8 Å². The molecule has 0 atom stereocenters. The van der Waals surface area contributed by atoms with Crippen molar-refractivity contribution in [3.63, 3.8) is 0 Å². The summed E-state index contributed by atoms with van der Waals surface area (Å²) >= 11 is 0. The first-order chi connectivity index (χ1) is 13.3. The second-order valence-electron chi connectivity index (χ2n) is 7.05. The number of piperazine rings is 1. The Bertz CT molecular complexity index is 860. The molecule has 2 aromatic rings. The van der Waals surface area contributed by atoms with Crippen LogP contribution in [0.2, 0.25) is 0 Å². The van der Waals surface area contributed by atoms with Crippen molar-refractivity contribution in [3.8, 4) is 5.75 Å². The van der Waals surface area contributed by atoms with Crippen LogP contribution in [0, 0.1) is 25.5 Å². The van der Waals surface area contributed by atoms with Crippen LogP contribution in [0.25, 0.3) is 0 Å². The van der Waals surface area contributed by atoms with Gasteiger partial charge in [-0.3, -0.25) is 4.90 Å². The van der Waals surface area contributed by atoms with Crippen LogP contribution in [0.1, 0.15) is 11.1 Å². The molecule has 0 aromatic heterocycles. The van der Waals surface area contributed by atoms with Crippen LogP contribution >= 0.6 is 0 Å². The minimum atomic E-state index is -0.602.